The van der Waals surface area contributed by atoms with Crippen LogP contribution in [-0.4, -0.2) is 52.4 Å². The molecule has 2 aliphatic rings. The van der Waals surface area contributed by atoms with Crippen molar-refractivity contribution in [2.24, 2.45) is 5.92 Å². The minimum atomic E-state index is -4.30. The molecule has 0 saturated carbocycles. The van der Waals surface area contributed by atoms with E-state index in [1.807, 2.05) is 24.4 Å². The maximum absolute atomic E-state index is 12.9. The van der Waals surface area contributed by atoms with Crippen LogP contribution in [0.15, 0.2) is 60.8 Å². The van der Waals surface area contributed by atoms with Crippen LogP contribution in [0.25, 0.3) is 16.5 Å². The average molecular weight is 517 g/mol. The van der Waals surface area contributed by atoms with Crippen molar-refractivity contribution < 1.29 is 17.9 Å². The Bertz CT molecular complexity index is 1170. The highest BCUT2D eigenvalue weighted by atomic mass is 32.2. The van der Waals surface area contributed by atoms with Crippen LogP contribution in [0, 0.1) is 5.92 Å². The largest absolute Gasteiger partial charge is 0.456 e. The summed E-state index contributed by atoms with van der Waals surface area (Å²) in [5, 5.41) is 8.17. The normalized spacial score (nSPS) is 23.6. The van der Waals surface area contributed by atoms with Crippen LogP contribution in [0.1, 0.15) is 36.8 Å². The predicted octanol–water partition coefficient (Wildman–Crippen LogP) is 6.16. The highest BCUT2D eigenvalue weighted by Gasteiger charge is 2.35. The minimum Gasteiger partial charge on any atom is -0.377 e. The lowest BCUT2D eigenvalue weighted by atomic mass is 9.90. The Morgan fingerprint density at radius 1 is 1.14 bits per heavy atom. The fourth-order valence-corrected chi connectivity index (χ4v) is 5.78. The van der Waals surface area contributed by atoms with Gasteiger partial charge in [-0.2, -0.15) is 18.3 Å². The van der Waals surface area contributed by atoms with Crippen molar-refractivity contribution in [3.05, 3.63) is 71.9 Å². The summed E-state index contributed by atoms with van der Waals surface area (Å²) in [6.07, 6.45) is 7.47. The zero-order valence-corrected chi connectivity index (χ0v) is 20.8. The molecule has 1 aliphatic carbocycles. The maximum atomic E-state index is 12.9. The first-order chi connectivity index (χ1) is 17.4. The van der Waals surface area contributed by atoms with Gasteiger partial charge in [-0.05, 0) is 54.5 Å². The van der Waals surface area contributed by atoms with Crippen molar-refractivity contribution in [1.29, 1.82) is 0 Å². The van der Waals surface area contributed by atoms with Gasteiger partial charge >= 0.3 is 5.51 Å². The number of rotatable bonds is 8. The second kappa shape index (κ2) is 11.4. The molecule has 1 aromatic heterocycles. The van der Waals surface area contributed by atoms with Crippen molar-refractivity contribution >= 4 is 28.4 Å². The van der Waals surface area contributed by atoms with Crippen LogP contribution < -0.4 is 4.72 Å². The highest BCUT2D eigenvalue weighted by Crippen LogP contribution is 2.32. The highest BCUT2D eigenvalue weighted by molar-refractivity contribution is 7.98. The second-order valence-electron chi connectivity index (χ2n) is 9.67. The van der Waals surface area contributed by atoms with Crippen LogP contribution in [0.2, 0.25) is 0 Å². The lowest BCUT2D eigenvalue weighted by Gasteiger charge is -2.39. The molecule has 0 radical (unpaired) electrons. The Morgan fingerprint density at radius 2 is 2.00 bits per heavy atom. The van der Waals surface area contributed by atoms with Crippen molar-refractivity contribution in [3.63, 3.8) is 0 Å². The fraction of sp³-hybridized carbons (Fsp3) is 0.444. The lowest BCUT2D eigenvalue weighted by Crippen LogP contribution is -2.49. The summed E-state index contributed by atoms with van der Waals surface area (Å²) in [4.78, 5) is 2.32. The maximum Gasteiger partial charge on any atom is 0.456 e. The molecule has 1 saturated heterocycles. The third kappa shape index (κ3) is 6.70. The summed E-state index contributed by atoms with van der Waals surface area (Å²) < 4.78 is 47.6. The Morgan fingerprint density at radius 3 is 2.78 bits per heavy atom. The van der Waals surface area contributed by atoms with Gasteiger partial charge in [0.05, 0.1) is 24.4 Å². The van der Waals surface area contributed by atoms with Gasteiger partial charge in [-0.15, -0.1) is 0 Å². The summed E-state index contributed by atoms with van der Waals surface area (Å²) in [5.41, 5.74) is 0.464. The van der Waals surface area contributed by atoms with E-state index in [9.17, 15) is 13.2 Å². The Labute approximate surface area is 213 Å². The van der Waals surface area contributed by atoms with E-state index in [1.54, 1.807) is 0 Å². The van der Waals surface area contributed by atoms with Gasteiger partial charge < -0.3 is 4.74 Å². The van der Waals surface area contributed by atoms with Crippen LogP contribution in [0.3, 0.4) is 0 Å². The predicted molar refractivity (Wildman–Crippen MR) is 138 cm³/mol. The molecule has 0 amide bonds. The van der Waals surface area contributed by atoms with Gasteiger partial charge in [0.15, 0.2) is 0 Å². The summed E-state index contributed by atoms with van der Waals surface area (Å²) >= 11 is -0.131. The molecule has 9 heteroatoms. The monoisotopic (exact) mass is 516 g/mol. The molecular weight excluding hydrogens is 485 g/mol. The number of aromatic amines is 1. The van der Waals surface area contributed by atoms with Gasteiger partial charge in [-0.1, -0.05) is 42.5 Å². The van der Waals surface area contributed by atoms with Crippen molar-refractivity contribution in [2.45, 2.75) is 49.9 Å². The number of halogens is 3. The number of hydrogen-bond donors (Lipinski definition) is 2. The minimum absolute atomic E-state index is 0.00816. The fourth-order valence-electron chi connectivity index (χ4n) is 5.19. The van der Waals surface area contributed by atoms with Crippen LogP contribution in [0.5, 0.6) is 0 Å². The average Bonchev–Trinajstić information content (AvgIpc) is 3.35. The number of ether oxygens (including phenoxy) is 1. The summed E-state index contributed by atoms with van der Waals surface area (Å²) in [7, 11) is 0. The van der Waals surface area contributed by atoms with Crippen LogP contribution in [0.4, 0.5) is 13.2 Å². The molecular formula is C27H31F3N4OS. The van der Waals surface area contributed by atoms with E-state index in [-0.39, 0.29) is 30.0 Å². The Balaban J connectivity index is 1.18. The molecule has 36 heavy (non-hydrogen) atoms. The SMILES string of the molecule is FC(F)(F)SNC1CCN(Cc2ccccc2)CC1COC1CC=C(c2ccc3[nH]ncc3c2)CC1. The quantitative estimate of drug-likeness (QED) is 0.351. The number of hydrogen-bond acceptors (Lipinski definition) is 5. The number of nitrogens with zero attached hydrogens (tertiary/aromatic N) is 2. The van der Waals surface area contributed by atoms with Gasteiger partial charge in [0, 0.05) is 48.9 Å². The van der Waals surface area contributed by atoms with Crippen molar-refractivity contribution in [3.8, 4) is 0 Å². The van der Waals surface area contributed by atoms with Crippen molar-refractivity contribution in [2.75, 3.05) is 19.7 Å². The standard InChI is InChI=1S/C27H31F3N4OS/c28-27(29,30)36-33-26-12-13-34(16-19-4-2-1-3-5-19)17-23(26)18-35-24-9-6-20(7-10-24)21-8-11-25-22(14-21)15-31-32-25/h1-6,8,11,14-15,23-24,26,33H,7,9-10,12-13,16-18H2,(H,31,32). The zero-order valence-electron chi connectivity index (χ0n) is 20.0. The number of allylic oxidation sites excluding steroid dienone is 1. The molecule has 2 N–H and O–H groups in total. The Hall–Kier alpha value is -2.33. The summed E-state index contributed by atoms with van der Waals surface area (Å²) in [6, 6.07) is 16.3. The second-order valence-corrected chi connectivity index (χ2v) is 10.6. The first kappa shape index (κ1) is 25.3. The smallest absolute Gasteiger partial charge is 0.377 e. The summed E-state index contributed by atoms with van der Waals surface area (Å²) in [6.45, 7) is 2.73. The number of fused-ring (bicyclic) bond motifs is 1. The first-order valence-electron chi connectivity index (χ1n) is 12.4. The van der Waals surface area contributed by atoms with E-state index in [2.05, 4.69) is 56.2 Å². The molecule has 3 atom stereocenters. The van der Waals surface area contributed by atoms with Crippen LogP contribution in [-0.2, 0) is 11.3 Å². The molecule has 1 fully saturated rings. The van der Waals surface area contributed by atoms with Gasteiger partial charge in [0.25, 0.3) is 0 Å². The van der Waals surface area contributed by atoms with E-state index in [1.165, 1.54) is 16.7 Å². The van der Waals surface area contributed by atoms with Crippen LogP contribution >= 0.6 is 11.9 Å². The number of benzene rings is 2. The molecule has 192 valence electrons. The number of likely N-dealkylation sites (tertiary alicyclic amines) is 1. The third-order valence-electron chi connectivity index (χ3n) is 7.11. The molecule has 5 rings (SSSR count). The lowest BCUT2D eigenvalue weighted by molar-refractivity contribution is -0.0352. The number of aromatic nitrogens is 2. The Kier molecular flexibility index (Phi) is 8.00. The summed E-state index contributed by atoms with van der Waals surface area (Å²) in [5.74, 6) is -0.00816. The molecule has 2 heterocycles. The van der Waals surface area contributed by atoms with E-state index >= 15 is 0 Å². The molecule has 3 aromatic rings. The number of alkyl halides is 3. The van der Waals surface area contributed by atoms with E-state index in [0.717, 1.165) is 43.3 Å². The van der Waals surface area contributed by atoms with Gasteiger partial charge in [0.2, 0.25) is 0 Å². The van der Waals surface area contributed by atoms with E-state index in [4.69, 9.17) is 4.74 Å². The van der Waals surface area contributed by atoms with Gasteiger partial charge in [-0.25, -0.2) is 0 Å². The zero-order chi connectivity index (χ0) is 25.0. The van der Waals surface area contributed by atoms with Gasteiger partial charge in [0.1, 0.15) is 0 Å². The van der Waals surface area contributed by atoms with Gasteiger partial charge in [-0.3, -0.25) is 14.7 Å². The first-order valence-corrected chi connectivity index (χ1v) is 13.3. The molecule has 0 spiro atoms. The van der Waals surface area contributed by atoms with E-state index < -0.39 is 5.51 Å². The number of nitrogens with one attached hydrogen (secondary N) is 2. The third-order valence-corrected chi connectivity index (χ3v) is 7.76. The molecule has 0 bridgehead atoms. The van der Waals surface area contributed by atoms with Crippen molar-refractivity contribution in [1.82, 2.24) is 19.8 Å². The number of H-pyrrole nitrogens is 1. The van der Waals surface area contributed by atoms with E-state index in [0.29, 0.717) is 19.6 Å². The molecule has 2 aromatic carbocycles. The number of piperidine rings is 1. The molecule has 1 aliphatic heterocycles. The molecule has 3 unspecified atom stereocenters. The molecule has 5 nitrogen and oxygen atoms in total. The topological polar surface area (TPSA) is 53.2 Å².